The zero-order chi connectivity index (χ0) is 12.1. The third-order valence-corrected chi connectivity index (χ3v) is 3.96. The lowest BCUT2D eigenvalue weighted by Crippen LogP contribution is -2.37. The average molecular weight is 233 g/mol. The molecule has 2 N–H and O–H groups in total. The van der Waals surface area contributed by atoms with Crippen LogP contribution in [0, 0.1) is 5.92 Å². The van der Waals surface area contributed by atoms with Gasteiger partial charge in [-0.25, -0.2) is 0 Å². The number of hydrogen-bond donors (Lipinski definition) is 2. The van der Waals surface area contributed by atoms with E-state index in [-0.39, 0.29) is 12.6 Å². The van der Waals surface area contributed by atoms with Crippen LogP contribution in [0.4, 0.5) is 0 Å². The van der Waals surface area contributed by atoms with Crippen molar-refractivity contribution in [2.45, 2.75) is 44.7 Å². The second-order valence-electron chi connectivity index (χ2n) is 5.15. The maximum Gasteiger partial charge on any atom is 0.0626 e. The molecule has 2 atom stereocenters. The molecule has 0 aromatic heterocycles. The van der Waals surface area contributed by atoms with Gasteiger partial charge < -0.3 is 10.4 Å². The van der Waals surface area contributed by atoms with Crippen molar-refractivity contribution in [1.82, 2.24) is 5.32 Å². The summed E-state index contributed by atoms with van der Waals surface area (Å²) < 4.78 is 0. The van der Waals surface area contributed by atoms with Crippen LogP contribution in [-0.2, 0) is 0 Å². The van der Waals surface area contributed by atoms with E-state index in [1.807, 2.05) is 18.2 Å². The molecular weight excluding hydrogens is 210 g/mol. The monoisotopic (exact) mass is 233 g/mol. The fourth-order valence-electron chi connectivity index (χ4n) is 2.85. The van der Waals surface area contributed by atoms with Gasteiger partial charge in [0.2, 0.25) is 0 Å². The molecular formula is C15H23NO. The molecule has 94 valence electrons. The normalized spacial score (nSPS) is 20.4. The smallest absolute Gasteiger partial charge is 0.0626 e. The lowest BCUT2D eigenvalue weighted by molar-refractivity contribution is 0.220. The minimum atomic E-state index is 0.0757. The third kappa shape index (κ3) is 3.30. The number of nitrogens with one attached hydrogen (secondary N) is 1. The fourth-order valence-corrected chi connectivity index (χ4v) is 2.85. The predicted molar refractivity (Wildman–Crippen MR) is 70.8 cm³/mol. The van der Waals surface area contributed by atoms with E-state index < -0.39 is 0 Å². The highest BCUT2D eigenvalue weighted by Crippen LogP contribution is 2.28. The Morgan fingerprint density at radius 2 is 1.88 bits per heavy atom. The number of hydrogen-bond acceptors (Lipinski definition) is 2. The van der Waals surface area contributed by atoms with Crippen molar-refractivity contribution in [3.8, 4) is 0 Å². The highest BCUT2D eigenvalue weighted by Gasteiger charge is 2.23. The van der Waals surface area contributed by atoms with E-state index in [0.717, 1.165) is 5.92 Å². The van der Waals surface area contributed by atoms with E-state index in [9.17, 15) is 5.11 Å². The Morgan fingerprint density at radius 1 is 1.24 bits per heavy atom. The largest absolute Gasteiger partial charge is 0.394 e. The molecule has 1 aromatic carbocycles. The Bertz CT molecular complexity index is 319. The quantitative estimate of drug-likeness (QED) is 0.819. The number of aliphatic hydroxyl groups is 1. The van der Waals surface area contributed by atoms with E-state index in [2.05, 4.69) is 24.4 Å². The average Bonchev–Trinajstić information content (AvgIpc) is 2.90. The molecule has 0 amide bonds. The molecule has 0 heterocycles. The van der Waals surface area contributed by atoms with Crippen molar-refractivity contribution in [3.63, 3.8) is 0 Å². The molecule has 0 aliphatic heterocycles. The summed E-state index contributed by atoms with van der Waals surface area (Å²) in [5.74, 6) is 0.785. The van der Waals surface area contributed by atoms with Gasteiger partial charge in [-0.1, -0.05) is 43.2 Å². The van der Waals surface area contributed by atoms with Crippen LogP contribution in [0.2, 0.25) is 0 Å². The highest BCUT2D eigenvalue weighted by molar-refractivity contribution is 5.19. The second-order valence-corrected chi connectivity index (χ2v) is 5.15. The molecule has 0 spiro atoms. The molecule has 2 heteroatoms. The fraction of sp³-hybridized carbons (Fsp3) is 0.600. The maximum atomic E-state index is 9.51. The van der Waals surface area contributed by atoms with Gasteiger partial charge in [-0.05, 0) is 31.2 Å². The third-order valence-electron chi connectivity index (χ3n) is 3.96. The van der Waals surface area contributed by atoms with Crippen molar-refractivity contribution in [1.29, 1.82) is 0 Å². The van der Waals surface area contributed by atoms with Crippen LogP contribution in [0.5, 0.6) is 0 Å². The molecule has 1 aliphatic carbocycles. The molecule has 1 aliphatic rings. The summed E-state index contributed by atoms with van der Waals surface area (Å²) in [7, 11) is 0. The van der Waals surface area contributed by atoms with Crippen LogP contribution in [0.15, 0.2) is 30.3 Å². The molecule has 0 bridgehead atoms. The Morgan fingerprint density at radius 3 is 2.47 bits per heavy atom. The molecule has 17 heavy (non-hydrogen) atoms. The molecule has 1 saturated carbocycles. The van der Waals surface area contributed by atoms with Crippen molar-refractivity contribution >= 4 is 0 Å². The second kappa shape index (κ2) is 6.18. The van der Waals surface area contributed by atoms with E-state index in [1.165, 1.54) is 31.2 Å². The zero-order valence-electron chi connectivity index (χ0n) is 10.6. The van der Waals surface area contributed by atoms with Gasteiger partial charge in [0.1, 0.15) is 0 Å². The van der Waals surface area contributed by atoms with E-state index in [1.54, 1.807) is 0 Å². The van der Waals surface area contributed by atoms with E-state index in [0.29, 0.717) is 6.04 Å². The molecule has 1 fully saturated rings. The van der Waals surface area contributed by atoms with Crippen LogP contribution in [0.3, 0.4) is 0 Å². The summed E-state index contributed by atoms with van der Waals surface area (Å²) in [5, 5.41) is 13.1. The SMILES string of the molecule is CC(N[C@H](CO)c1ccccc1)C1CCCC1. The first kappa shape index (κ1) is 12.6. The van der Waals surface area contributed by atoms with Crippen molar-refractivity contribution in [3.05, 3.63) is 35.9 Å². The number of aliphatic hydroxyl groups excluding tert-OH is 1. The maximum absolute atomic E-state index is 9.51. The van der Waals surface area contributed by atoms with Gasteiger partial charge >= 0.3 is 0 Å². The Balaban J connectivity index is 1.95. The predicted octanol–water partition coefficient (Wildman–Crippen LogP) is 2.89. The molecule has 1 aromatic rings. The lowest BCUT2D eigenvalue weighted by atomic mass is 9.97. The van der Waals surface area contributed by atoms with Crippen LogP contribution in [0.25, 0.3) is 0 Å². The first-order valence-electron chi connectivity index (χ1n) is 6.73. The van der Waals surface area contributed by atoms with E-state index >= 15 is 0 Å². The van der Waals surface area contributed by atoms with Gasteiger partial charge in [0.25, 0.3) is 0 Å². The van der Waals surface area contributed by atoms with Gasteiger partial charge in [-0.2, -0.15) is 0 Å². The summed E-state index contributed by atoms with van der Waals surface area (Å²) in [4.78, 5) is 0. The standard InChI is InChI=1S/C15H23NO/c1-12(13-7-5-6-8-13)16-15(11-17)14-9-3-2-4-10-14/h2-4,9-10,12-13,15-17H,5-8,11H2,1H3/t12?,15-/m1/s1. The van der Waals surface area contributed by atoms with Crippen LogP contribution >= 0.6 is 0 Å². The Hall–Kier alpha value is -0.860. The first-order valence-corrected chi connectivity index (χ1v) is 6.73. The van der Waals surface area contributed by atoms with Crippen molar-refractivity contribution in [2.75, 3.05) is 6.61 Å². The molecule has 0 saturated heterocycles. The Kier molecular flexibility index (Phi) is 4.57. The zero-order valence-corrected chi connectivity index (χ0v) is 10.6. The molecule has 2 nitrogen and oxygen atoms in total. The van der Waals surface area contributed by atoms with Gasteiger partial charge in [-0.15, -0.1) is 0 Å². The van der Waals surface area contributed by atoms with Gasteiger partial charge in [0.05, 0.1) is 12.6 Å². The minimum Gasteiger partial charge on any atom is -0.394 e. The lowest BCUT2D eigenvalue weighted by Gasteiger charge is -2.26. The summed E-state index contributed by atoms with van der Waals surface area (Å²) in [6.45, 7) is 2.42. The molecule has 0 radical (unpaired) electrons. The van der Waals surface area contributed by atoms with E-state index in [4.69, 9.17) is 0 Å². The van der Waals surface area contributed by atoms with Crippen molar-refractivity contribution in [2.24, 2.45) is 5.92 Å². The number of rotatable bonds is 5. The van der Waals surface area contributed by atoms with Crippen molar-refractivity contribution < 1.29 is 5.11 Å². The van der Waals surface area contributed by atoms with Crippen LogP contribution in [-0.4, -0.2) is 17.8 Å². The first-order chi connectivity index (χ1) is 8.31. The number of benzene rings is 1. The summed E-state index contributed by atoms with van der Waals surface area (Å²) >= 11 is 0. The highest BCUT2D eigenvalue weighted by atomic mass is 16.3. The summed E-state index contributed by atoms with van der Waals surface area (Å²) in [5.41, 5.74) is 1.18. The topological polar surface area (TPSA) is 32.3 Å². The van der Waals surface area contributed by atoms with Gasteiger partial charge in [0, 0.05) is 6.04 Å². The molecule has 2 rings (SSSR count). The van der Waals surface area contributed by atoms with Crippen LogP contribution in [0.1, 0.15) is 44.2 Å². The Labute approximate surface area is 104 Å². The summed E-state index contributed by atoms with van der Waals surface area (Å²) in [6, 6.07) is 10.8. The summed E-state index contributed by atoms with van der Waals surface area (Å²) in [6.07, 6.45) is 5.40. The van der Waals surface area contributed by atoms with Gasteiger partial charge in [0.15, 0.2) is 0 Å². The molecule has 1 unspecified atom stereocenters. The van der Waals surface area contributed by atoms with Gasteiger partial charge in [-0.3, -0.25) is 0 Å². The minimum absolute atomic E-state index is 0.0757. The van der Waals surface area contributed by atoms with Crippen LogP contribution < -0.4 is 5.32 Å².